The summed E-state index contributed by atoms with van der Waals surface area (Å²) in [4.78, 5) is 26.5. The Morgan fingerprint density at radius 2 is 1.66 bits per heavy atom. The van der Waals surface area contributed by atoms with E-state index in [0.717, 1.165) is 22.3 Å². The van der Waals surface area contributed by atoms with Gasteiger partial charge < -0.3 is 9.64 Å². The standard InChI is InChI=1S/C31H31N5O4S/c1-21-8-6-9-22(2)30(21)27-15-28-33-31(32-27)34-41(38,39)26-13-7-12-24(14-26)17-36-19-25(40-28)18-35(20-29(36)37)16-23-10-4-3-5-11-23/h3-15,25H,16-20H2,1-2H3,(H,32,33,34). The predicted molar refractivity (Wildman–Crippen MR) is 156 cm³/mol. The molecule has 210 valence electrons. The first-order chi connectivity index (χ1) is 19.7. The molecule has 41 heavy (non-hydrogen) atoms. The molecule has 1 unspecified atom stereocenters. The molecule has 0 spiro atoms. The van der Waals surface area contributed by atoms with Crippen LogP contribution in [0.15, 0.2) is 83.8 Å². The maximum atomic E-state index is 13.5. The number of sulfonamides is 1. The van der Waals surface area contributed by atoms with Gasteiger partial charge in [0.15, 0.2) is 0 Å². The summed E-state index contributed by atoms with van der Waals surface area (Å²) in [6.45, 7) is 5.86. The van der Waals surface area contributed by atoms with E-state index < -0.39 is 16.1 Å². The zero-order valence-electron chi connectivity index (χ0n) is 22.9. The van der Waals surface area contributed by atoms with Crippen LogP contribution in [-0.4, -0.2) is 59.8 Å². The molecule has 9 nitrogen and oxygen atoms in total. The van der Waals surface area contributed by atoms with Crippen molar-refractivity contribution in [2.24, 2.45) is 0 Å². The number of fused-ring (bicyclic) bond motifs is 6. The first-order valence-electron chi connectivity index (χ1n) is 13.5. The maximum absolute atomic E-state index is 13.5. The fourth-order valence-electron chi connectivity index (χ4n) is 5.50. The molecule has 1 N–H and O–H groups in total. The summed E-state index contributed by atoms with van der Waals surface area (Å²) >= 11 is 0. The third-order valence-electron chi connectivity index (χ3n) is 7.38. The molecule has 6 bridgehead atoms. The summed E-state index contributed by atoms with van der Waals surface area (Å²) < 4.78 is 35.8. The molecule has 6 rings (SSSR count). The molecule has 0 saturated carbocycles. The SMILES string of the molecule is Cc1cccc(C)c1-c1cc2nc(n1)NS(=O)(=O)c1cccc(c1)CN1CC(CN(Cc3ccccc3)CC1=O)O2. The van der Waals surface area contributed by atoms with Crippen LogP contribution in [0, 0.1) is 13.8 Å². The number of aryl methyl sites for hydroxylation is 2. The molecule has 4 aromatic rings. The van der Waals surface area contributed by atoms with E-state index in [1.807, 2.05) is 68.4 Å². The number of anilines is 1. The van der Waals surface area contributed by atoms with Gasteiger partial charge in [-0.15, -0.1) is 0 Å². The summed E-state index contributed by atoms with van der Waals surface area (Å²) in [5, 5.41) is 0. The van der Waals surface area contributed by atoms with E-state index in [4.69, 9.17) is 4.74 Å². The van der Waals surface area contributed by atoms with E-state index in [1.165, 1.54) is 6.07 Å². The van der Waals surface area contributed by atoms with E-state index in [-0.39, 0.29) is 35.7 Å². The van der Waals surface area contributed by atoms with Crippen LogP contribution >= 0.6 is 0 Å². The van der Waals surface area contributed by atoms with Crippen LogP contribution in [-0.2, 0) is 27.9 Å². The highest BCUT2D eigenvalue weighted by Crippen LogP contribution is 2.30. The second-order valence-electron chi connectivity index (χ2n) is 10.6. The van der Waals surface area contributed by atoms with Crippen LogP contribution in [0.3, 0.4) is 0 Å². The highest BCUT2D eigenvalue weighted by Gasteiger charge is 2.31. The molecule has 1 amide bonds. The van der Waals surface area contributed by atoms with Gasteiger partial charge in [-0.1, -0.05) is 60.7 Å². The van der Waals surface area contributed by atoms with Crippen molar-refractivity contribution in [3.05, 3.63) is 101 Å². The van der Waals surface area contributed by atoms with Crippen LogP contribution < -0.4 is 9.46 Å². The quantitative estimate of drug-likeness (QED) is 0.395. The maximum Gasteiger partial charge on any atom is 0.264 e. The van der Waals surface area contributed by atoms with Crippen molar-refractivity contribution >= 4 is 21.9 Å². The third kappa shape index (κ3) is 5.94. The highest BCUT2D eigenvalue weighted by atomic mass is 32.2. The van der Waals surface area contributed by atoms with Crippen molar-refractivity contribution in [3.8, 4) is 17.1 Å². The number of carbonyl (C=O) groups is 1. The van der Waals surface area contributed by atoms with Crippen molar-refractivity contribution in [3.63, 3.8) is 0 Å². The van der Waals surface area contributed by atoms with Crippen LogP contribution in [0.2, 0.25) is 0 Å². The lowest BCUT2D eigenvalue weighted by atomic mass is 10.00. The molecule has 1 atom stereocenters. The van der Waals surface area contributed by atoms with Crippen molar-refractivity contribution in [1.29, 1.82) is 0 Å². The van der Waals surface area contributed by atoms with Crippen LogP contribution in [0.4, 0.5) is 5.95 Å². The molecule has 2 aliphatic heterocycles. The van der Waals surface area contributed by atoms with Crippen LogP contribution in [0.25, 0.3) is 11.3 Å². The minimum Gasteiger partial charge on any atom is -0.471 e. The lowest BCUT2D eigenvalue weighted by molar-refractivity contribution is -0.132. The smallest absolute Gasteiger partial charge is 0.264 e. The van der Waals surface area contributed by atoms with Gasteiger partial charge in [-0.25, -0.2) is 18.1 Å². The number of amides is 1. The number of aromatic nitrogens is 2. The summed E-state index contributed by atoms with van der Waals surface area (Å²) in [6, 6.07) is 24.3. The lowest BCUT2D eigenvalue weighted by Gasteiger charge is -2.25. The van der Waals surface area contributed by atoms with Gasteiger partial charge in [-0.3, -0.25) is 9.69 Å². The lowest BCUT2D eigenvalue weighted by Crippen LogP contribution is -2.38. The van der Waals surface area contributed by atoms with Crippen molar-refractivity contribution in [2.45, 2.75) is 37.9 Å². The summed E-state index contributed by atoms with van der Waals surface area (Å²) in [5.74, 6) is 0.112. The van der Waals surface area contributed by atoms with E-state index in [2.05, 4.69) is 19.6 Å². The molecule has 3 heterocycles. The zero-order chi connectivity index (χ0) is 28.6. The molecule has 1 saturated heterocycles. The number of carbonyl (C=O) groups excluding carboxylic acids is 1. The first-order valence-corrected chi connectivity index (χ1v) is 15.0. The number of hydrogen-bond donors (Lipinski definition) is 1. The number of ether oxygens (including phenoxy) is 1. The average Bonchev–Trinajstić information content (AvgIpc) is 3.06. The first kappa shape index (κ1) is 26.9. The topological polar surface area (TPSA) is 105 Å². The Balaban J connectivity index is 1.46. The Kier molecular flexibility index (Phi) is 7.19. The fourth-order valence-corrected chi connectivity index (χ4v) is 6.51. The number of rotatable bonds is 3. The minimum atomic E-state index is -4.01. The normalized spacial score (nSPS) is 18.6. The highest BCUT2D eigenvalue weighted by molar-refractivity contribution is 7.92. The van der Waals surface area contributed by atoms with Crippen molar-refractivity contribution < 1.29 is 17.9 Å². The van der Waals surface area contributed by atoms with E-state index >= 15 is 0 Å². The zero-order valence-corrected chi connectivity index (χ0v) is 23.8. The Morgan fingerprint density at radius 3 is 2.44 bits per heavy atom. The van der Waals surface area contributed by atoms with Crippen molar-refractivity contribution in [1.82, 2.24) is 19.8 Å². The third-order valence-corrected chi connectivity index (χ3v) is 8.71. The number of nitrogens with one attached hydrogen (secondary N) is 1. The van der Waals surface area contributed by atoms with Gasteiger partial charge >= 0.3 is 0 Å². The van der Waals surface area contributed by atoms with Crippen LogP contribution in [0.5, 0.6) is 5.88 Å². The number of benzene rings is 3. The molecule has 10 heteroatoms. The number of nitrogens with zero attached hydrogens (tertiary/aromatic N) is 4. The monoisotopic (exact) mass is 569 g/mol. The Morgan fingerprint density at radius 1 is 0.902 bits per heavy atom. The second kappa shape index (κ2) is 10.9. The largest absolute Gasteiger partial charge is 0.471 e. The Bertz CT molecular complexity index is 1690. The minimum absolute atomic E-state index is 0.0483. The molecule has 3 aromatic carbocycles. The summed E-state index contributed by atoms with van der Waals surface area (Å²) in [7, 11) is -4.01. The molecule has 0 radical (unpaired) electrons. The van der Waals surface area contributed by atoms with E-state index in [0.29, 0.717) is 30.9 Å². The predicted octanol–water partition coefficient (Wildman–Crippen LogP) is 4.17. The Hall–Kier alpha value is -4.28. The Labute approximate surface area is 239 Å². The van der Waals surface area contributed by atoms with E-state index in [9.17, 15) is 13.2 Å². The van der Waals surface area contributed by atoms with Gasteiger partial charge in [0.1, 0.15) is 6.10 Å². The molecular weight excluding hydrogens is 538 g/mol. The second-order valence-corrected chi connectivity index (χ2v) is 12.3. The average molecular weight is 570 g/mol. The summed E-state index contributed by atoms with van der Waals surface area (Å²) in [5.41, 5.74) is 5.23. The molecule has 2 aliphatic rings. The number of hydrogen-bond acceptors (Lipinski definition) is 7. The van der Waals surface area contributed by atoms with E-state index in [1.54, 1.807) is 23.1 Å². The molecule has 0 aliphatic carbocycles. The van der Waals surface area contributed by atoms with Gasteiger partial charge in [0.25, 0.3) is 10.0 Å². The van der Waals surface area contributed by atoms with Gasteiger partial charge in [-0.05, 0) is 48.2 Å². The van der Waals surface area contributed by atoms with Gasteiger partial charge in [0.2, 0.25) is 17.7 Å². The van der Waals surface area contributed by atoms with Crippen molar-refractivity contribution in [2.75, 3.05) is 24.4 Å². The molecule has 1 fully saturated rings. The molecular formula is C31H31N5O4S. The summed E-state index contributed by atoms with van der Waals surface area (Å²) in [6.07, 6.45) is -0.417. The molecule has 1 aromatic heterocycles. The van der Waals surface area contributed by atoms with Gasteiger partial charge in [0.05, 0.1) is 23.7 Å². The fraction of sp³-hybridized carbons (Fsp3) is 0.258. The van der Waals surface area contributed by atoms with Gasteiger partial charge in [-0.2, -0.15) is 4.98 Å². The van der Waals surface area contributed by atoms with Gasteiger partial charge in [0, 0.05) is 31.3 Å². The van der Waals surface area contributed by atoms with Crippen LogP contribution in [0.1, 0.15) is 22.3 Å².